The zero-order valence-electron chi connectivity index (χ0n) is 8.99. The Bertz CT molecular complexity index is 379. The van der Waals surface area contributed by atoms with Crippen LogP contribution < -0.4 is 5.32 Å². The van der Waals surface area contributed by atoms with Crippen LogP contribution in [0.1, 0.15) is 18.2 Å². The normalized spacial score (nSPS) is 12.4. The summed E-state index contributed by atoms with van der Waals surface area (Å²) in [6.45, 7) is 2.64. The van der Waals surface area contributed by atoms with E-state index in [4.69, 9.17) is 0 Å². The van der Waals surface area contributed by atoms with Gasteiger partial charge in [-0.15, -0.1) is 11.3 Å². The van der Waals surface area contributed by atoms with E-state index in [0.717, 1.165) is 15.1 Å². The Morgan fingerprint density at radius 3 is 2.88 bits per heavy atom. The highest BCUT2D eigenvalue weighted by atomic mass is 79.9. The summed E-state index contributed by atoms with van der Waals surface area (Å²) in [7, 11) is -1.11. The Morgan fingerprint density at radius 1 is 1.56 bits per heavy atom. The molecule has 0 radical (unpaired) electrons. The fraction of sp³-hybridized carbons (Fsp3) is 0.500. The molecule has 1 rings (SSSR count). The summed E-state index contributed by atoms with van der Waals surface area (Å²) in [5, 5.41) is 2.72. The van der Waals surface area contributed by atoms with Crippen molar-refractivity contribution in [1.29, 1.82) is 0 Å². The van der Waals surface area contributed by atoms with Crippen LogP contribution in [-0.4, -0.2) is 22.4 Å². The average Bonchev–Trinajstić information content (AvgIpc) is 2.60. The predicted octanol–water partition coefficient (Wildman–Crippen LogP) is 2.29. The number of hydrogen-bond acceptors (Lipinski definition) is 3. The molecule has 1 unspecified atom stereocenters. The molecule has 0 fully saturated rings. The van der Waals surface area contributed by atoms with Gasteiger partial charge in [0.25, 0.3) is 0 Å². The number of amides is 1. The van der Waals surface area contributed by atoms with Crippen LogP contribution >= 0.6 is 27.3 Å². The van der Waals surface area contributed by atoms with Crippen LogP contribution in [-0.2, 0) is 21.3 Å². The van der Waals surface area contributed by atoms with Crippen molar-refractivity contribution < 1.29 is 9.00 Å². The fourth-order valence-corrected chi connectivity index (χ4v) is 3.92. The van der Waals surface area contributed by atoms with Gasteiger partial charge in [0.15, 0.2) is 0 Å². The zero-order chi connectivity index (χ0) is 12.0. The monoisotopic (exact) mass is 323 g/mol. The molecule has 0 bridgehead atoms. The highest BCUT2D eigenvalue weighted by Crippen LogP contribution is 2.23. The fourth-order valence-electron chi connectivity index (χ4n) is 1.10. The average molecular weight is 324 g/mol. The molecule has 1 amide bonds. The standard InChI is InChI=1S/C10H14BrNO2S2/c1-2-5-12-10(13)7-16(14)6-8-3-4-9(11)15-8/h3-4H,2,5-7H2,1H3,(H,12,13). The summed E-state index contributed by atoms with van der Waals surface area (Å²) in [4.78, 5) is 12.3. The Labute approximate surface area is 110 Å². The quantitative estimate of drug-likeness (QED) is 0.873. The van der Waals surface area contributed by atoms with Gasteiger partial charge >= 0.3 is 0 Å². The Balaban J connectivity index is 2.33. The molecule has 3 nitrogen and oxygen atoms in total. The second kappa shape index (κ2) is 7.19. The molecule has 1 N–H and O–H groups in total. The highest BCUT2D eigenvalue weighted by molar-refractivity contribution is 9.11. The maximum atomic E-state index is 11.6. The van der Waals surface area contributed by atoms with Gasteiger partial charge in [-0.25, -0.2) is 0 Å². The molecule has 90 valence electrons. The zero-order valence-corrected chi connectivity index (χ0v) is 12.2. The summed E-state index contributed by atoms with van der Waals surface area (Å²) in [6, 6.07) is 3.85. The molecular formula is C10H14BrNO2S2. The summed E-state index contributed by atoms with van der Waals surface area (Å²) >= 11 is 4.90. The van der Waals surface area contributed by atoms with Crippen molar-refractivity contribution in [2.45, 2.75) is 19.1 Å². The topological polar surface area (TPSA) is 46.2 Å². The summed E-state index contributed by atoms with van der Waals surface area (Å²) in [6.07, 6.45) is 0.899. The van der Waals surface area contributed by atoms with Crippen LogP contribution in [0, 0.1) is 0 Å². The van der Waals surface area contributed by atoms with Gasteiger partial charge in [0.2, 0.25) is 5.91 Å². The molecule has 0 spiro atoms. The molecule has 6 heteroatoms. The van der Waals surface area contributed by atoms with E-state index in [9.17, 15) is 9.00 Å². The van der Waals surface area contributed by atoms with E-state index in [0.29, 0.717) is 12.3 Å². The maximum absolute atomic E-state index is 11.6. The van der Waals surface area contributed by atoms with Crippen molar-refractivity contribution in [2.24, 2.45) is 0 Å². The van der Waals surface area contributed by atoms with Gasteiger partial charge in [-0.2, -0.15) is 0 Å². The van der Waals surface area contributed by atoms with Crippen LogP contribution in [0.15, 0.2) is 15.9 Å². The molecule has 0 saturated carbocycles. The number of nitrogens with one attached hydrogen (secondary N) is 1. The molecule has 0 aliphatic heterocycles. The third kappa shape index (κ3) is 5.23. The Morgan fingerprint density at radius 2 is 2.31 bits per heavy atom. The second-order valence-corrected chi connectivity index (χ2v) is 7.29. The number of thiophene rings is 1. The lowest BCUT2D eigenvalue weighted by molar-refractivity contribution is -0.118. The van der Waals surface area contributed by atoms with Gasteiger partial charge < -0.3 is 5.32 Å². The van der Waals surface area contributed by atoms with E-state index in [2.05, 4.69) is 21.2 Å². The molecule has 1 atom stereocenters. The van der Waals surface area contributed by atoms with Gasteiger partial charge in [-0.05, 0) is 34.5 Å². The minimum atomic E-state index is -1.11. The van der Waals surface area contributed by atoms with Gasteiger partial charge in [-0.3, -0.25) is 9.00 Å². The van der Waals surface area contributed by atoms with E-state index in [1.807, 2.05) is 19.1 Å². The Hall–Kier alpha value is -0.200. The second-order valence-electron chi connectivity index (χ2n) is 3.28. The first-order chi connectivity index (χ1) is 7.61. The summed E-state index contributed by atoms with van der Waals surface area (Å²) in [5.41, 5.74) is 0. The van der Waals surface area contributed by atoms with Crippen LogP contribution in [0.3, 0.4) is 0 Å². The number of halogens is 1. The predicted molar refractivity (Wildman–Crippen MR) is 72.0 cm³/mol. The van der Waals surface area contributed by atoms with Gasteiger partial charge in [-0.1, -0.05) is 6.92 Å². The molecule has 16 heavy (non-hydrogen) atoms. The number of rotatable bonds is 6. The molecule has 0 aliphatic carbocycles. The maximum Gasteiger partial charge on any atom is 0.232 e. The van der Waals surface area contributed by atoms with Gasteiger partial charge in [0.05, 0.1) is 9.54 Å². The molecule has 0 aliphatic rings. The SMILES string of the molecule is CCCNC(=O)CS(=O)Cc1ccc(Br)s1. The van der Waals surface area contributed by atoms with Crippen LogP contribution in [0.25, 0.3) is 0 Å². The van der Waals surface area contributed by atoms with Crippen LogP contribution in [0.2, 0.25) is 0 Å². The first kappa shape index (κ1) is 13.9. The van der Waals surface area contributed by atoms with Crippen molar-refractivity contribution in [2.75, 3.05) is 12.3 Å². The minimum absolute atomic E-state index is 0.0928. The molecule has 1 heterocycles. The third-order valence-electron chi connectivity index (χ3n) is 1.80. The van der Waals surface area contributed by atoms with E-state index < -0.39 is 10.8 Å². The molecule has 0 aromatic carbocycles. The number of hydrogen-bond donors (Lipinski definition) is 1. The van der Waals surface area contributed by atoms with E-state index in [1.165, 1.54) is 0 Å². The van der Waals surface area contributed by atoms with Crippen molar-refractivity contribution in [3.8, 4) is 0 Å². The minimum Gasteiger partial charge on any atom is -0.355 e. The van der Waals surface area contributed by atoms with E-state index >= 15 is 0 Å². The first-order valence-corrected chi connectivity index (χ1v) is 8.07. The molecular weight excluding hydrogens is 310 g/mol. The number of carbonyl (C=O) groups excluding carboxylic acids is 1. The van der Waals surface area contributed by atoms with Crippen LogP contribution in [0.4, 0.5) is 0 Å². The van der Waals surface area contributed by atoms with Crippen molar-refractivity contribution >= 4 is 44.0 Å². The van der Waals surface area contributed by atoms with Crippen molar-refractivity contribution in [1.82, 2.24) is 5.32 Å². The largest absolute Gasteiger partial charge is 0.355 e. The summed E-state index contributed by atoms with van der Waals surface area (Å²) < 4.78 is 12.7. The Kier molecular flexibility index (Phi) is 6.23. The smallest absolute Gasteiger partial charge is 0.232 e. The first-order valence-electron chi connectivity index (χ1n) is 4.97. The van der Waals surface area contributed by atoms with Gasteiger partial charge in [0.1, 0.15) is 5.75 Å². The van der Waals surface area contributed by atoms with Gasteiger partial charge in [0, 0.05) is 22.2 Å². The lowest BCUT2D eigenvalue weighted by Gasteiger charge is -2.02. The van der Waals surface area contributed by atoms with Crippen LogP contribution in [0.5, 0.6) is 0 Å². The molecule has 1 aromatic rings. The van der Waals surface area contributed by atoms with E-state index in [-0.39, 0.29) is 11.7 Å². The molecule has 1 aromatic heterocycles. The van der Waals surface area contributed by atoms with Crippen molar-refractivity contribution in [3.63, 3.8) is 0 Å². The number of carbonyl (C=O) groups is 1. The molecule has 0 saturated heterocycles. The van der Waals surface area contributed by atoms with Crippen molar-refractivity contribution in [3.05, 3.63) is 20.8 Å². The lowest BCUT2D eigenvalue weighted by atomic mass is 10.5. The lowest BCUT2D eigenvalue weighted by Crippen LogP contribution is -2.29. The van der Waals surface area contributed by atoms with E-state index in [1.54, 1.807) is 11.3 Å². The third-order valence-corrected chi connectivity index (χ3v) is 4.82. The highest BCUT2D eigenvalue weighted by Gasteiger charge is 2.09. The summed E-state index contributed by atoms with van der Waals surface area (Å²) in [5.74, 6) is 0.418.